The highest BCUT2D eigenvalue weighted by molar-refractivity contribution is 5.41. The second kappa shape index (κ2) is 5.60. The van der Waals surface area contributed by atoms with Crippen LogP contribution in [0.15, 0.2) is 23.3 Å². The Morgan fingerprint density at radius 3 is 2.65 bits per heavy atom. The first-order valence-corrected chi connectivity index (χ1v) is 5.70. The minimum Gasteiger partial charge on any atom is -0.493 e. The monoisotopic (exact) mass is 233 g/mol. The summed E-state index contributed by atoms with van der Waals surface area (Å²) in [7, 11) is 0. The van der Waals surface area contributed by atoms with Gasteiger partial charge in [0.1, 0.15) is 5.75 Å². The molecule has 1 rings (SSSR count). The lowest BCUT2D eigenvalue weighted by molar-refractivity contribution is 0.318. The van der Waals surface area contributed by atoms with E-state index in [-0.39, 0.29) is 5.41 Å². The molecule has 0 radical (unpaired) electrons. The molecule has 4 nitrogen and oxygen atoms in total. The van der Waals surface area contributed by atoms with Crippen LogP contribution in [0.4, 0.5) is 0 Å². The van der Waals surface area contributed by atoms with Gasteiger partial charge < -0.3 is 4.74 Å². The molecule has 0 saturated heterocycles. The summed E-state index contributed by atoms with van der Waals surface area (Å²) in [5, 5.41) is 3.45. The van der Waals surface area contributed by atoms with Crippen molar-refractivity contribution < 1.29 is 4.74 Å². The molecule has 0 spiro atoms. The molecule has 1 aromatic carbocycles. The number of hydrogen-bond acceptors (Lipinski definition) is 2. The fraction of sp³-hybridized carbons (Fsp3) is 0.538. The van der Waals surface area contributed by atoms with Gasteiger partial charge in [0.05, 0.1) is 13.2 Å². The maximum absolute atomic E-state index is 8.19. The fourth-order valence-electron chi connectivity index (χ4n) is 1.60. The smallest absolute Gasteiger partial charge is 0.123 e. The van der Waals surface area contributed by atoms with Gasteiger partial charge in [0.15, 0.2) is 0 Å². The molecule has 0 fully saturated rings. The average Bonchev–Trinajstić information content (AvgIpc) is 2.25. The molecule has 0 aliphatic carbocycles. The van der Waals surface area contributed by atoms with E-state index in [0.29, 0.717) is 13.2 Å². The summed E-state index contributed by atoms with van der Waals surface area (Å²) in [5.41, 5.74) is 10.6. The summed E-state index contributed by atoms with van der Waals surface area (Å²) in [5.74, 6) is 0.872. The lowest BCUT2D eigenvalue weighted by atomic mass is 9.85. The maximum atomic E-state index is 8.19. The van der Waals surface area contributed by atoms with Gasteiger partial charge >= 0.3 is 0 Å². The molecule has 0 saturated carbocycles. The number of rotatable bonds is 4. The van der Waals surface area contributed by atoms with Crippen LogP contribution in [0.2, 0.25) is 0 Å². The molecule has 0 unspecified atom stereocenters. The molecular weight excluding hydrogens is 214 g/mol. The molecule has 0 bridgehead atoms. The van der Waals surface area contributed by atoms with Crippen molar-refractivity contribution in [3.8, 4) is 5.75 Å². The molecule has 0 heterocycles. The highest BCUT2D eigenvalue weighted by atomic mass is 16.5. The van der Waals surface area contributed by atoms with E-state index in [1.165, 1.54) is 11.1 Å². The van der Waals surface area contributed by atoms with E-state index >= 15 is 0 Å². The Bertz CT molecular complexity index is 429. The quantitative estimate of drug-likeness (QED) is 0.336. The maximum Gasteiger partial charge on any atom is 0.123 e. The molecule has 0 N–H and O–H groups in total. The van der Waals surface area contributed by atoms with Gasteiger partial charge in [-0.3, -0.25) is 0 Å². The fourth-order valence-corrected chi connectivity index (χ4v) is 1.60. The number of ether oxygens (including phenoxy) is 1. The second-order valence-electron chi connectivity index (χ2n) is 5.05. The Morgan fingerprint density at radius 2 is 2.06 bits per heavy atom. The SMILES string of the molecule is Cc1ccc(OCCN=[N+]=[N-])c(C(C)(C)C)c1. The molecule has 0 aromatic heterocycles. The zero-order chi connectivity index (χ0) is 12.9. The van der Waals surface area contributed by atoms with Gasteiger partial charge in [-0.05, 0) is 29.5 Å². The van der Waals surface area contributed by atoms with Gasteiger partial charge in [0.2, 0.25) is 0 Å². The number of hydrogen-bond donors (Lipinski definition) is 0. The zero-order valence-electron chi connectivity index (χ0n) is 10.9. The Balaban J connectivity index is 2.87. The third-order valence-corrected chi connectivity index (χ3v) is 2.46. The van der Waals surface area contributed by atoms with E-state index in [9.17, 15) is 0 Å². The summed E-state index contributed by atoms with van der Waals surface area (Å²) >= 11 is 0. The van der Waals surface area contributed by atoms with Crippen molar-refractivity contribution in [1.82, 2.24) is 0 Å². The molecule has 1 aromatic rings. The molecular formula is C13H19N3O. The normalized spacial score (nSPS) is 10.8. The number of nitrogens with zero attached hydrogens (tertiary/aromatic N) is 3. The first-order chi connectivity index (χ1) is 7.95. The Labute approximate surface area is 102 Å². The lowest BCUT2D eigenvalue weighted by Gasteiger charge is -2.23. The van der Waals surface area contributed by atoms with E-state index in [0.717, 1.165) is 5.75 Å². The van der Waals surface area contributed by atoms with Gasteiger partial charge in [0.25, 0.3) is 0 Å². The standard InChI is InChI=1S/C13H19N3O/c1-10-5-6-12(17-8-7-15-16-14)11(9-10)13(2,3)4/h5-6,9H,7-8H2,1-4H3. The molecule has 0 amide bonds. The average molecular weight is 233 g/mol. The van der Waals surface area contributed by atoms with Gasteiger partial charge in [-0.15, -0.1) is 0 Å². The van der Waals surface area contributed by atoms with Crippen LogP contribution < -0.4 is 4.74 Å². The third-order valence-electron chi connectivity index (χ3n) is 2.46. The van der Waals surface area contributed by atoms with E-state index in [1.54, 1.807) is 0 Å². The van der Waals surface area contributed by atoms with Crippen molar-refractivity contribution in [3.63, 3.8) is 0 Å². The molecule has 0 aliphatic rings. The first kappa shape index (κ1) is 13.4. The molecule has 0 atom stereocenters. The van der Waals surface area contributed by atoms with Crippen LogP contribution >= 0.6 is 0 Å². The first-order valence-electron chi connectivity index (χ1n) is 5.70. The van der Waals surface area contributed by atoms with Gasteiger partial charge in [-0.25, -0.2) is 0 Å². The van der Waals surface area contributed by atoms with Gasteiger partial charge in [-0.2, -0.15) is 0 Å². The van der Waals surface area contributed by atoms with Crippen molar-refractivity contribution in [2.45, 2.75) is 33.1 Å². The Kier molecular flexibility index (Phi) is 4.41. The van der Waals surface area contributed by atoms with E-state index in [1.807, 2.05) is 12.1 Å². The highest BCUT2D eigenvalue weighted by Crippen LogP contribution is 2.32. The molecule has 0 aliphatic heterocycles. The van der Waals surface area contributed by atoms with Crippen molar-refractivity contribution in [2.75, 3.05) is 13.2 Å². The minimum atomic E-state index is 0.0415. The van der Waals surface area contributed by atoms with Crippen molar-refractivity contribution in [1.29, 1.82) is 0 Å². The van der Waals surface area contributed by atoms with Crippen LogP contribution in [0, 0.1) is 6.92 Å². The van der Waals surface area contributed by atoms with Gasteiger partial charge in [-0.1, -0.05) is 43.6 Å². The van der Waals surface area contributed by atoms with Crippen LogP contribution in [-0.2, 0) is 5.41 Å². The molecule has 4 heteroatoms. The lowest BCUT2D eigenvalue weighted by Crippen LogP contribution is -2.14. The largest absolute Gasteiger partial charge is 0.493 e. The predicted octanol–water partition coefficient (Wildman–Crippen LogP) is 3.98. The number of aryl methyl sites for hydroxylation is 1. The number of azide groups is 1. The van der Waals surface area contributed by atoms with E-state index < -0.39 is 0 Å². The Morgan fingerprint density at radius 1 is 1.35 bits per heavy atom. The van der Waals surface area contributed by atoms with Crippen LogP contribution in [0.5, 0.6) is 5.75 Å². The molecule has 17 heavy (non-hydrogen) atoms. The summed E-state index contributed by atoms with van der Waals surface area (Å²) in [6.07, 6.45) is 0. The predicted molar refractivity (Wildman–Crippen MR) is 69.4 cm³/mol. The number of benzene rings is 1. The van der Waals surface area contributed by atoms with Crippen LogP contribution in [0.3, 0.4) is 0 Å². The van der Waals surface area contributed by atoms with Crippen LogP contribution in [0.25, 0.3) is 10.4 Å². The summed E-state index contributed by atoms with van der Waals surface area (Å²) in [6.45, 7) is 9.30. The highest BCUT2D eigenvalue weighted by Gasteiger charge is 2.18. The van der Waals surface area contributed by atoms with Crippen molar-refractivity contribution >= 4 is 0 Å². The summed E-state index contributed by atoms with van der Waals surface area (Å²) in [6, 6.07) is 6.15. The summed E-state index contributed by atoms with van der Waals surface area (Å²) < 4.78 is 5.66. The van der Waals surface area contributed by atoms with E-state index in [4.69, 9.17) is 10.3 Å². The third kappa shape index (κ3) is 4.00. The van der Waals surface area contributed by atoms with Gasteiger partial charge in [0, 0.05) is 4.91 Å². The van der Waals surface area contributed by atoms with Crippen molar-refractivity contribution in [2.24, 2.45) is 5.11 Å². The summed E-state index contributed by atoms with van der Waals surface area (Å²) in [4.78, 5) is 2.70. The molecule has 92 valence electrons. The second-order valence-corrected chi connectivity index (χ2v) is 5.05. The van der Waals surface area contributed by atoms with Crippen molar-refractivity contribution in [3.05, 3.63) is 39.8 Å². The van der Waals surface area contributed by atoms with E-state index in [2.05, 4.69) is 43.8 Å². The zero-order valence-corrected chi connectivity index (χ0v) is 10.9. The topological polar surface area (TPSA) is 58.0 Å². The van der Waals surface area contributed by atoms with Crippen LogP contribution in [-0.4, -0.2) is 13.2 Å². The minimum absolute atomic E-state index is 0.0415. The Hall–Kier alpha value is -1.67. The van der Waals surface area contributed by atoms with Crippen LogP contribution in [0.1, 0.15) is 31.9 Å².